The molecule has 0 aromatic carbocycles. The molecule has 1 aliphatic heterocycles. The lowest BCUT2D eigenvalue weighted by Gasteiger charge is -2.28. The number of alkyl halides is 1. The zero-order valence-corrected chi connectivity index (χ0v) is 10.6. The van der Waals surface area contributed by atoms with Gasteiger partial charge in [0.25, 0.3) is 0 Å². The summed E-state index contributed by atoms with van der Waals surface area (Å²) in [7, 11) is 0. The van der Waals surface area contributed by atoms with Crippen LogP contribution in [0.1, 0.15) is 44.9 Å². The number of nitrogens with zero attached hydrogens (tertiary/aromatic N) is 1. The maximum Gasteiger partial charge on any atom is 0.0192 e. The molecule has 0 spiro atoms. The first-order valence-electron chi connectivity index (χ1n) is 6.20. The Bertz CT molecular complexity index is 168. The van der Waals surface area contributed by atoms with Crippen LogP contribution in [0.2, 0.25) is 0 Å². The van der Waals surface area contributed by atoms with Gasteiger partial charge in [0.2, 0.25) is 0 Å². The van der Waals surface area contributed by atoms with Gasteiger partial charge in [-0.2, -0.15) is 0 Å². The first kappa shape index (κ1) is 10.9. The molecule has 0 amide bonds. The van der Waals surface area contributed by atoms with Crippen LogP contribution in [-0.2, 0) is 0 Å². The Balaban J connectivity index is 1.77. The van der Waals surface area contributed by atoms with Crippen molar-refractivity contribution in [1.29, 1.82) is 0 Å². The predicted molar refractivity (Wildman–Crippen MR) is 65.0 cm³/mol. The van der Waals surface area contributed by atoms with E-state index in [2.05, 4.69) is 20.8 Å². The van der Waals surface area contributed by atoms with Crippen molar-refractivity contribution in [2.75, 3.05) is 18.4 Å². The fraction of sp³-hybridized carbons (Fsp3) is 1.00. The van der Waals surface area contributed by atoms with Gasteiger partial charge in [0, 0.05) is 11.4 Å². The third kappa shape index (κ3) is 3.23. The minimum Gasteiger partial charge on any atom is -0.300 e. The molecule has 1 unspecified atom stereocenters. The highest BCUT2D eigenvalue weighted by Gasteiger charge is 2.25. The van der Waals surface area contributed by atoms with Crippen LogP contribution < -0.4 is 0 Å². The van der Waals surface area contributed by atoms with E-state index in [-0.39, 0.29) is 0 Å². The molecule has 0 radical (unpaired) electrons. The van der Waals surface area contributed by atoms with Crippen molar-refractivity contribution in [1.82, 2.24) is 4.90 Å². The summed E-state index contributed by atoms with van der Waals surface area (Å²) in [4.78, 5) is 2.74. The third-order valence-corrected chi connectivity index (χ3v) is 4.45. The average Bonchev–Trinajstić information content (AvgIpc) is 3.02. The number of hydrogen-bond donors (Lipinski definition) is 0. The van der Waals surface area contributed by atoms with E-state index >= 15 is 0 Å². The monoisotopic (exact) mass is 259 g/mol. The first-order valence-corrected chi connectivity index (χ1v) is 7.32. The summed E-state index contributed by atoms with van der Waals surface area (Å²) >= 11 is 3.67. The van der Waals surface area contributed by atoms with Gasteiger partial charge in [0.1, 0.15) is 0 Å². The second-order valence-corrected chi connectivity index (χ2v) is 5.57. The maximum absolute atomic E-state index is 3.67. The molecule has 1 atom stereocenters. The highest BCUT2D eigenvalue weighted by Crippen LogP contribution is 2.33. The number of hydrogen-bond acceptors (Lipinski definition) is 1. The molecule has 1 aliphatic carbocycles. The standard InChI is InChI=1S/C12H22BrN/c13-10-12-4-2-1-3-8-14(12)9-7-11-5-6-11/h11-12H,1-10H2. The topological polar surface area (TPSA) is 3.24 Å². The van der Waals surface area contributed by atoms with Crippen LogP contribution in [0.3, 0.4) is 0 Å². The lowest BCUT2D eigenvalue weighted by atomic mass is 10.1. The van der Waals surface area contributed by atoms with Crippen LogP contribution in [-0.4, -0.2) is 29.4 Å². The highest BCUT2D eigenvalue weighted by molar-refractivity contribution is 9.09. The SMILES string of the molecule is BrCC1CCCCCN1CCC1CC1. The minimum atomic E-state index is 0.830. The van der Waals surface area contributed by atoms with Crippen molar-refractivity contribution in [3.63, 3.8) is 0 Å². The van der Waals surface area contributed by atoms with Crippen molar-refractivity contribution < 1.29 is 0 Å². The summed E-state index contributed by atoms with van der Waals surface area (Å²) < 4.78 is 0. The van der Waals surface area contributed by atoms with E-state index in [9.17, 15) is 0 Å². The fourth-order valence-corrected chi connectivity index (χ4v) is 3.19. The Morgan fingerprint density at radius 3 is 2.64 bits per heavy atom. The van der Waals surface area contributed by atoms with Crippen molar-refractivity contribution in [3.05, 3.63) is 0 Å². The van der Waals surface area contributed by atoms with Crippen molar-refractivity contribution in [2.45, 2.75) is 51.0 Å². The molecule has 1 saturated carbocycles. The zero-order valence-electron chi connectivity index (χ0n) is 9.05. The lowest BCUT2D eigenvalue weighted by Crippen LogP contribution is -2.36. The van der Waals surface area contributed by atoms with E-state index in [1.165, 1.54) is 63.4 Å². The molecular weight excluding hydrogens is 238 g/mol. The zero-order chi connectivity index (χ0) is 9.80. The van der Waals surface area contributed by atoms with Gasteiger partial charge in [0.15, 0.2) is 0 Å². The van der Waals surface area contributed by atoms with Crippen LogP contribution in [0.5, 0.6) is 0 Å². The Morgan fingerprint density at radius 2 is 1.93 bits per heavy atom. The quantitative estimate of drug-likeness (QED) is 0.700. The van der Waals surface area contributed by atoms with E-state index in [4.69, 9.17) is 0 Å². The first-order chi connectivity index (χ1) is 6.90. The van der Waals surface area contributed by atoms with E-state index in [1.807, 2.05) is 0 Å². The van der Waals surface area contributed by atoms with E-state index in [0.29, 0.717) is 0 Å². The van der Waals surface area contributed by atoms with Crippen LogP contribution in [0.4, 0.5) is 0 Å². The summed E-state index contributed by atoms with van der Waals surface area (Å²) in [6.45, 7) is 2.71. The van der Waals surface area contributed by atoms with Gasteiger partial charge in [-0.25, -0.2) is 0 Å². The van der Waals surface area contributed by atoms with Gasteiger partial charge in [-0.3, -0.25) is 4.90 Å². The van der Waals surface area contributed by atoms with Gasteiger partial charge in [-0.1, -0.05) is 41.6 Å². The molecule has 1 nitrogen and oxygen atoms in total. The number of likely N-dealkylation sites (tertiary alicyclic amines) is 1. The average molecular weight is 260 g/mol. The van der Waals surface area contributed by atoms with Crippen molar-refractivity contribution in [3.8, 4) is 0 Å². The Morgan fingerprint density at radius 1 is 1.07 bits per heavy atom. The van der Waals surface area contributed by atoms with Gasteiger partial charge in [0.05, 0.1) is 0 Å². The molecule has 2 fully saturated rings. The minimum absolute atomic E-state index is 0.830. The number of rotatable bonds is 4. The summed E-state index contributed by atoms with van der Waals surface area (Å²) in [5.74, 6) is 1.09. The molecule has 14 heavy (non-hydrogen) atoms. The molecular formula is C12H22BrN. The highest BCUT2D eigenvalue weighted by atomic mass is 79.9. The molecule has 1 saturated heterocycles. The van der Waals surface area contributed by atoms with Gasteiger partial charge < -0.3 is 0 Å². The van der Waals surface area contributed by atoms with Crippen LogP contribution in [0, 0.1) is 5.92 Å². The smallest absolute Gasteiger partial charge is 0.0192 e. The molecule has 0 aromatic rings. The van der Waals surface area contributed by atoms with Crippen LogP contribution in [0.15, 0.2) is 0 Å². The maximum atomic E-state index is 3.67. The Kier molecular flexibility index (Phi) is 4.30. The molecule has 1 heterocycles. The van der Waals surface area contributed by atoms with E-state index < -0.39 is 0 Å². The Hall–Kier alpha value is 0.440. The van der Waals surface area contributed by atoms with Crippen molar-refractivity contribution >= 4 is 15.9 Å². The van der Waals surface area contributed by atoms with Crippen LogP contribution >= 0.6 is 15.9 Å². The van der Waals surface area contributed by atoms with E-state index in [1.54, 1.807) is 0 Å². The second-order valence-electron chi connectivity index (χ2n) is 4.93. The normalized spacial score (nSPS) is 30.2. The number of halogens is 1. The molecule has 0 bridgehead atoms. The molecule has 2 aliphatic rings. The third-order valence-electron chi connectivity index (χ3n) is 3.70. The summed E-state index contributed by atoms with van der Waals surface area (Å²) in [5, 5.41) is 1.18. The molecule has 2 heteroatoms. The van der Waals surface area contributed by atoms with Crippen LogP contribution in [0.25, 0.3) is 0 Å². The van der Waals surface area contributed by atoms with Gasteiger partial charge in [-0.05, 0) is 38.3 Å². The van der Waals surface area contributed by atoms with Crippen molar-refractivity contribution in [2.24, 2.45) is 5.92 Å². The summed E-state index contributed by atoms with van der Waals surface area (Å²) in [6.07, 6.45) is 10.2. The second kappa shape index (κ2) is 5.50. The summed E-state index contributed by atoms with van der Waals surface area (Å²) in [6, 6.07) is 0.830. The van der Waals surface area contributed by atoms with E-state index in [0.717, 1.165) is 12.0 Å². The van der Waals surface area contributed by atoms with Gasteiger partial charge >= 0.3 is 0 Å². The molecule has 2 rings (SSSR count). The lowest BCUT2D eigenvalue weighted by molar-refractivity contribution is 0.212. The predicted octanol–water partition coefficient (Wildman–Crippen LogP) is 3.43. The summed E-state index contributed by atoms with van der Waals surface area (Å²) in [5.41, 5.74) is 0. The molecule has 0 N–H and O–H groups in total. The Labute approximate surface area is 96.4 Å². The van der Waals surface area contributed by atoms with Gasteiger partial charge in [-0.15, -0.1) is 0 Å². The molecule has 0 aromatic heterocycles. The fourth-order valence-electron chi connectivity index (χ4n) is 2.46. The molecule has 82 valence electrons. The largest absolute Gasteiger partial charge is 0.300 e.